The third-order valence-electron chi connectivity index (χ3n) is 3.21. The maximum absolute atomic E-state index is 11.8. The molecule has 0 spiro atoms. The highest BCUT2D eigenvalue weighted by Gasteiger charge is 2.14. The largest absolute Gasteiger partial charge is 0.454 e. The number of amides is 2. The van der Waals surface area contributed by atoms with Crippen molar-refractivity contribution in [1.82, 2.24) is 5.32 Å². The number of nitrogens with one attached hydrogen (secondary N) is 2. The Labute approximate surface area is 131 Å². The second-order valence-electron chi connectivity index (χ2n) is 4.77. The SMILES string of the molecule is O=C(NCCC(O)c1cccs1)Nc1ccc2c(c1)OCO2. The van der Waals surface area contributed by atoms with Crippen LogP contribution in [0.3, 0.4) is 0 Å². The van der Waals surface area contributed by atoms with E-state index in [1.807, 2.05) is 17.5 Å². The van der Waals surface area contributed by atoms with E-state index < -0.39 is 6.10 Å². The Bertz CT molecular complexity index is 645. The summed E-state index contributed by atoms with van der Waals surface area (Å²) in [4.78, 5) is 12.7. The smallest absolute Gasteiger partial charge is 0.319 e. The summed E-state index contributed by atoms with van der Waals surface area (Å²) in [5.74, 6) is 1.29. The van der Waals surface area contributed by atoms with Crippen LogP contribution in [0.4, 0.5) is 10.5 Å². The Morgan fingerprint density at radius 2 is 2.18 bits per heavy atom. The quantitative estimate of drug-likeness (QED) is 0.791. The molecule has 3 N–H and O–H groups in total. The Morgan fingerprint density at radius 3 is 3.00 bits per heavy atom. The minimum atomic E-state index is -0.550. The lowest BCUT2D eigenvalue weighted by Gasteiger charge is -2.11. The maximum atomic E-state index is 11.8. The molecule has 0 aliphatic carbocycles. The molecule has 1 unspecified atom stereocenters. The highest BCUT2D eigenvalue weighted by atomic mass is 32.1. The molecular formula is C15H16N2O4S. The van der Waals surface area contributed by atoms with E-state index in [-0.39, 0.29) is 12.8 Å². The van der Waals surface area contributed by atoms with Gasteiger partial charge in [0.25, 0.3) is 0 Å². The monoisotopic (exact) mass is 320 g/mol. The fourth-order valence-corrected chi connectivity index (χ4v) is 2.84. The van der Waals surface area contributed by atoms with Crippen LogP contribution in [0.1, 0.15) is 17.4 Å². The average molecular weight is 320 g/mol. The van der Waals surface area contributed by atoms with E-state index in [1.165, 1.54) is 11.3 Å². The lowest BCUT2D eigenvalue weighted by molar-refractivity contribution is 0.171. The van der Waals surface area contributed by atoms with Crippen molar-refractivity contribution in [2.24, 2.45) is 0 Å². The third-order valence-corrected chi connectivity index (χ3v) is 4.18. The molecule has 7 heteroatoms. The van der Waals surface area contributed by atoms with Crippen molar-refractivity contribution in [3.8, 4) is 11.5 Å². The molecule has 0 saturated heterocycles. The summed E-state index contributed by atoms with van der Waals surface area (Å²) in [6.07, 6.45) is -0.0828. The molecule has 1 aliphatic heterocycles. The summed E-state index contributed by atoms with van der Waals surface area (Å²) < 4.78 is 10.5. The Hall–Kier alpha value is -2.25. The number of carbonyl (C=O) groups excluding carboxylic acids is 1. The van der Waals surface area contributed by atoms with Crippen molar-refractivity contribution >= 4 is 23.1 Å². The van der Waals surface area contributed by atoms with Crippen LogP contribution in [0.5, 0.6) is 11.5 Å². The van der Waals surface area contributed by atoms with Crippen molar-refractivity contribution < 1.29 is 19.4 Å². The molecule has 6 nitrogen and oxygen atoms in total. The van der Waals surface area contributed by atoms with Gasteiger partial charge in [-0.05, 0) is 30.0 Å². The van der Waals surface area contributed by atoms with Crippen LogP contribution in [0.25, 0.3) is 0 Å². The normalized spacial score (nSPS) is 13.7. The first kappa shape index (κ1) is 14.7. The van der Waals surface area contributed by atoms with Gasteiger partial charge in [0.2, 0.25) is 6.79 Å². The van der Waals surface area contributed by atoms with E-state index in [0.717, 1.165) is 4.88 Å². The number of hydrogen-bond donors (Lipinski definition) is 3. The van der Waals surface area contributed by atoms with Crippen LogP contribution in [0.2, 0.25) is 0 Å². The molecule has 0 fully saturated rings. The zero-order valence-corrected chi connectivity index (χ0v) is 12.6. The third kappa shape index (κ3) is 3.49. The average Bonchev–Trinajstić information content (AvgIpc) is 3.18. The van der Waals surface area contributed by atoms with Gasteiger partial charge in [-0.25, -0.2) is 4.79 Å². The Kier molecular flexibility index (Phi) is 4.45. The van der Waals surface area contributed by atoms with Gasteiger partial charge in [0.15, 0.2) is 11.5 Å². The number of hydrogen-bond acceptors (Lipinski definition) is 5. The van der Waals surface area contributed by atoms with Crippen LogP contribution < -0.4 is 20.1 Å². The van der Waals surface area contributed by atoms with Gasteiger partial charge >= 0.3 is 6.03 Å². The standard InChI is InChI=1S/C15H16N2O4S/c18-11(14-2-1-7-22-14)5-6-16-15(19)17-10-3-4-12-13(8-10)21-9-20-12/h1-4,7-8,11,18H,5-6,9H2,(H2,16,17,19). The molecule has 22 heavy (non-hydrogen) atoms. The van der Waals surface area contributed by atoms with E-state index in [9.17, 15) is 9.90 Å². The number of anilines is 1. The Balaban J connectivity index is 1.44. The number of fused-ring (bicyclic) bond motifs is 1. The molecule has 0 radical (unpaired) electrons. The summed E-state index contributed by atoms with van der Waals surface area (Å²) in [6, 6.07) is 8.65. The summed E-state index contributed by atoms with van der Waals surface area (Å²) in [7, 11) is 0. The first-order chi connectivity index (χ1) is 10.7. The van der Waals surface area contributed by atoms with Crippen molar-refractivity contribution in [3.05, 3.63) is 40.6 Å². The predicted molar refractivity (Wildman–Crippen MR) is 83.5 cm³/mol. The molecule has 1 aliphatic rings. The van der Waals surface area contributed by atoms with Crippen LogP contribution in [-0.4, -0.2) is 24.5 Å². The van der Waals surface area contributed by atoms with Gasteiger partial charge < -0.3 is 25.2 Å². The first-order valence-corrected chi connectivity index (χ1v) is 7.76. The van der Waals surface area contributed by atoms with Gasteiger partial charge in [-0.2, -0.15) is 0 Å². The molecule has 2 heterocycles. The summed E-state index contributed by atoms with van der Waals surface area (Å²) >= 11 is 1.50. The van der Waals surface area contributed by atoms with Gasteiger partial charge in [-0.3, -0.25) is 0 Å². The number of thiophene rings is 1. The summed E-state index contributed by atoms with van der Waals surface area (Å²) in [6.45, 7) is 0.584. The molecule has 2 aromatic rings. The Morgan fingerprint density at radius 1 is 1.32 bits per heavy atom. The number of rotatable bonds is 5. The van der Waals surface area contributed by atoms with E-state index >= 15 is 0 Å². The number of carbonyl (C=O) groups is 1. The van der Waals surface area contributed by atoms with E-state index in [0.29, 0.717) is 30.2 Å². The number of benzene rings is 1. The van der Waals surface area contributed by atoms with Crippen molar-refractivity contribution in [2.75, 3.05) is 18.7 Å². The van der Waals surface area contributed by atoms with Gasteiger partial charge in [0.1, 0.15) is 0 Å². The predicted octanol–water partition coefficient (Wildman–Crippen LogP) is 2.72. The lowest BCUT2D eigenvalue weighted by atomic mass is 10.2. The maximum Gasteiger partial charge on any atom is 0.319 e. The zero-order valence-electron chi connectivity index (χ0n) is 11.7. The number of aliphatic hydroxyl groups is 1. The number of aliphatic hydroxyl groups excluding tert-OH is 1. The minimum Gasteiger partial charge on any atom is -0.454 e. The fourth-order valence-electron chi connectivity index (χ4n) is 2.10. The highest BCUT2D eigenvalue weighted by molar-refractivity contribution is 7.10. The van der Waals surface area contributed by atoms with Crippen LogP contribution >= 0.6 is 11.3 Å². The van der Waals surface area contributed by atoms with Crippen molar-refractivity contribution in [1.29, 1.82) is 0 Å². The molecule has 3 rings (SSSR count). The van der Waals surface area contributed by atoms with Gasteiger partial charge in [0, 0.05) is 23.2 Å². The number of urea groups is 1. The summed E-state index contributed by atoms with van der Waals surface area (Å²) in [5, 5.41) is 17.3. The van der Waals surface area contributed by atoms with E-state index in [1.54, 1.807) is 18.2 Å². The zero-order chi connectivity index (χ0) is 15.4. The summed E-state index contributed by atoms with van der Waals surface area (Å²) in [5.41, 5.74) is 0.626. The van der Waals surface area contributed by atoms with Gasteiger partial charge in [0.05, 0.1) is 6.10 Å². The van der Waals surface area contributed by atoms with Gasteiger partial charge in [-0.1, -0.05) is 6.07 Å². The highest BCUT2D eigenvalue weighted by Crippen LogP contribution is 2.34. The topological polar surface area (TPSA) is 79.8 Å². The fraction of sp³-hybridized carbons (Fsp3) is 0.267. The van der Waals surface area contributed by atoms with E-state index in [2.05, 4.69) is 10.6 Å². The molecule has 116 valence electrons. The first-order valence-electron chi connectivity index (χ1n) is 6.88. The van der Waals surface area contributed by atoms with Crippen molar-refractivity contribution in [2.45, 2.75) is 12.5 Å². The molecule has 2 amide bonds. The second-order valence-corrected chi connectivity index (χ2v) is 5.75. The minimum absolute atomic E-state index is 0.200. The van der Waals surface area contributed by atoms with Crippen LogP contribution in [0, 0.1) is 0 Å². The molecule has 0 bridgehead atoms. The van der Waals surface area contributed by atoms with Crippen LogP contribution in [-0.2, 0) is 0 Å². The van der Waals surface area contributed by atoms with Crippen LogP contribution in [0.15, 0.2) is 35.7 Å². The molecular weight excluding hydrogens is 304 g/mol. The lowest BCUT2D eigenvalue weighted by Crippen LogP contribution is -2.30. The molecule has 1 atom stereocenters. The van der Waals surface area contributed by atoms with E-state index in [4.69, 9.17) is 9.47 Å². The molecule has 1 aromatic heterocycles. The second kappa shape index (κ2) is 6.67. The van der Waals surface area contributed by atoms with Gasteiger partial charge in [-0.15, -0.1) is 11.3 Å². The molecule has 0 saturated carbocycles. The van der Waals surface area contributed by atoms with Crippen molar-refractivity contribution in [3.63, 3.8) is 0 Å². The number of ether oxygens (including phenoxy) is 2. The molecule has 1 aromatic carbocycles.